The van der Waals surface area contributed by atoms with Crippen molar-refractivity contribution < 1.29 is 0 Å². The molecule has 102 valence electrons. The molecule has 0 aliphatic heterocycles. The molecular formula is C13H15N7. The van der Waals surface area contributed by atoms with Crippen molar-refractivity contribution in [2.24, 2.45) is 0 Å². The van der Waals surface area contributed by atoms with Crippen LogP contribution in [0.3, 0.4) is 0 Å². The van der Waals surface area contributed by atoms with Gasteiger partial charge in [0.15, 0.2) is 5.82 Å². The predicted octanol–water partition coefficient (Wildman–Crippen LogP) is 1.61. The summed E-state index contributed by atoms with van der Waals surface area (Å²) < 4.78 is 1.70. The van der Waals surface area contributed by atoms with Crippen LogP contribution in [0.4, 0.5) is 5.69 Å². The van der Waals surface area contributed by atoms with Crippen molar-refractivity contribution in [1.29, 1.82) is 0 Å². The van der Waals surface area contributed by atoms with Crippen molar-refractivity contribution in [1.82, 2.24) is 30.2 Å². The third-order valence-electron chi connectivity index (χ3n) is 2.95. The minimum Gasteiger partial charge on any atom is -0.379 e. The van der Waals surface area contributed by atoms with Crippen molar-refractivity contribution in [2.45, 2.75) is 20.4 Å². The van der Waals surface area contributed by atoms with Crippen LogP contribution in [0.5, 0.6) is 0 Å². The molecule has 0 aliphatic rings. The summed E-state index contributed by atoms with van der Waals surface area (Å²) in [6.07, 6.45) is 1.83. The smallest absolute Gasteiger partial charge is 0.153 e. The van der Waals surface area contributed by atoms with Gasteiger partial charge in [0.25, 0.3) is 0 Å². The van der Waals surface area contributed by atoms with Gasteiger partial charge in [0.2, 0.25) is 0 Å². The third-order valence-corrected chi connectivity index (χ3v) is 2.95. The second-order valence-electron chi connectivity index (χ2n) is 4.54. The molecule has 3 aromatic rings. The van der Waals surface area contributed by atoms with E-state index in [0.717, 1.165) is 28.7 Å². The van der Waals surface area contributed by atoms with Gasteiger partial charge in [-0.2, -0.15) is 4.68 Å². The average molecular weight is 269 g/mol. The van der Waals surface area contributed by atoms with E-state index in [-0.39, 0.29) is 0 Å². The predicted molar refractivity (Wildman–Crippen MR) is 74.5 cm³/mol. The minimum atomic E-state index is 0.693. The fourth-order valence-electron chi connectivity index (χ4n) is 1.98. The zero-order chi connectivity index (χ0) is 13.9. The van der Waals surface area contributed by atoms with Crippen LogP contribution in [0.2, 0.25) is 0 Å². The molecule has 7 nitrogen and oxygen atoms in total. The van der Waals surface area contributed by atoms with Gasteiger partial charge >= 0.3 is 0 Å². The monoisotopic (exact) mass is 269 g/mol. The highest BCUT2D eigenvalue weighted by Crippen LogP contribution is 2.15. The maximum atomic E-state index is 4.17. The largest absolute Gasteiger partial charge is 0.379 e. The van der Waals surface area contributed by atoms with Gasteiger partial charge in [-0.05, 0) is 42.5 Å². The molecule has 0 bridgehead atoms. The Bertz CT molecular complexity index is 713. The van der Waals surface area contributed by atoms with Crippen molar-refractivity contribution in [2.75, 3.05) is 5.32 Å². The van der Waals surface area contributed by atoms with Crippen LogP contribution in [-0.2, 0) is 6.54 Å². The summed E-state index contributed by atoms with van der Waals surface area (Å²) >= 11 is 0. The molecule has 0 atom stereocenters. The number of nitrogens with one attached hydrogen (secondary N) is 2. The molecule has 0 fully saturated rings. The number of hydrogen-bond donors (Lipinski definition) is 2. The first-order valence-corrected chi connectivity index (χ1v) is 6.32. The van der Waals surface area contributed by atoms with Gasteiger partial charge in [0, 0.05) is 5.69 Å². The molecule has 0 amide bonds. The van der Waals surface area contributed by atoms with Crippen LogP contribution in [0.25, 0.3) is 5.69 Å². The van der Waals surface area contributed by atoms with Crippen molar-refractivity contribution in [3.05, 3.63) is 47.8 Å². The molecule has 2 N–H and O–H groups in total. The first-order chi connectivity index (χ1) is 9.72. The molecule has 0 aliphatic carbocycles. The Hall–Kier alpha value is -2.70. The van der Waals surface area contributed by atoms with Gasteiger partial charge in [-0.25, -0.2) is 4.98 Å². The second kappa shape index (κ2) is 5.12. The quantitative estimate of drug-likeness (QED) is 0.751. The lowest BCUT2D eigenvalue weighted by molar-refractivity contribution is 0.779. The summed E-state index contributed by atoms with van der Waals surface area (Å²) in [7, 11) is 0. The number of aryl methyl sites for hydroxylation is 2. The Labute approximate surface area is 116 Å². The molecule has 0 saturated heterocycles. The Morgan fingerprint density at radius 2 is 2.20 bits per heavy atom. The third kappa shape index (κ3) is 2.51. The Morgan fingerprint density at radius 1 is 1.30 bits per heavy atom. The number of H-pyrrole nitrogens is 1. The van der Waals surface area contributed by atoms with E-state index in [1.165, 1.54) is 0 Å². The topological polar surface area (TPSA) is 84.3 Å². The lowest BCUT2D eigenvalue weighted by atomic mass is 10.2. The maximum absolute atomic E-state index is 4.17. The molecule has 0 unspecified atom stereocenters. The first kappa shape index (κ1) is 12.3. The number of tetrazole rings is 1. The highest BCUT2D eigenvalue weighted by Gasteiger charge is 2.04. The first-order valence-electron chi connectivity index (χ1n) is 6.32. The Kier molecular flexibility index (Phi) is 3.16. The van der Waals surface area contributed by atoms with E-state index in [0.29, 0.717) is 6.54 Å². The van der Waals surface area contributed by atoms with Crippen molar-refractivity contribution in [3.8, 4) is 5.69 Å². The van der Waals surface area contributed by atoms with Crippen LogP contribution >= 0.6 is 0 Å². The number of rotatable bonds is 4. The van der Waals surface area contributed by atoms with Crippen LogP contribution in [-0.4, -0.2) is 30.2 Å². The Morgan fingerprint density at radius 3 is 2.90 bits per heavy atom. The van der Waals surface area contributed by atoms with Gasteiger partial charge in [0.1, 0.15) is 5.82 Å². The lowest BCUT2D eigenvalue weighted by Gasteiger charge is -2.07. The van der Waals surface area contributed by atoms with E-state index in [9.17, 15) is 0 Å². The highest BCUT2D eigenvalue weighted by atomic mass is 15.5. The zero-order valence-corrected chi connectivity index (χ0v) is 11.3. The van der Waals surface area contributed by atoms with E-state index in [1.54, 1.807) is 4.68 Å². The molecule has 1 aromatic carbocycles. The molecule has 2 aromatic heterocycles. The van der Waals surface area contributed by atoms with Crippen LogP contribution in [0.15, 0.2) is 30.5 Å². The molecule has 20 heavy (non-hydrogen) atoms. The summed E-state index contributed by atoms with van der Waals surface area (Å²) in [6.45, 7) is 4.50. The van der Waals surface area contributed by atoms with Crippen LogP contribution in [0.1, 0.15) is 17.3 Å². The zero-order valence-electron chi connectivity index (χ0n) is 11.3. The van der Waals surface area contributed by atoms with E-state index in [1.807, 2.05) is 44.3 Å². The summed E-state index contributed by atoms with van der Waals surface area (Å²) in [5.41, 5.74) is 2.98. The fraction of sp³-hybridized carbons (Fsp3) is 0.231. The average Bonchev–Trinajstić information content (AvgIpc) is 3.05. The molecule has 0 spiro atoms. The van der Waals surface area contributed by atoms with Gasteiger partial charge in [0.05, 0.1) is 24.1 Å². The summed E-state index contributed by atoms with van der Waals surface area (Å²) in [6, 6.07) is 7.95. The molecule has 3 rings (SSSR count). The van der Waals surface area contributed by atoms with Gasteiger partial charge in [-0.1, -0.05) is 6.07 Å². The van der Waals surface area contributed by atoms with E-state index < -0.39 is 0 Å². The van der Waals surface area contributed by atoms with E-state index in [4.69, 9.17) is 0 Å². The van der Waals surface area contributed by atoms with Crippen LogP contribution < -0.4 is 5.32 Å². The lowest BCUT2D eigenvalue weighted by Crippen LogP contribution is -2.03. The number of aromatic amines is 1. The number of benzene rings is 1. The normalized spacial score (nSPS) is 10.7. The molecule has 7 heteroatoms. The fourth-order valence-corrected chi connectivity index (χ4v) is 1.98. The minimum absolute atomic E-state index is 0.693. The van der Waals surface area contributed by atoms with Gasteiger partial charge in [-0.3, -0.25) is 0 Å². The molecular weight excluding hydrogens is 254 g/mol. The summed E-state index contributed by atoms with van der Waals surface area (Å²) in [5.74, 6) is 1.67. The SMILES string of the molecule is Cc1ncc(CNc2cccc(-n3nnnc3C)c2)[nH]1. The van der Waals surface area contributed by atoms with Crippen molar-refractivity contribution >= 4 is 5.69 Å². The molecule has 0 radical (unpaired) electrons. The van der Waals surface area contributed by atoms with Crippen LogP contribution in [0, 0.1) is 13.8 Å². The van der Waals surface area contributed by atoms with Gasteiger partial charge < -0.3 is 10.3 Å². The number of imidazole rings is 1. The van der Waals surface area contributed by atoms with E-state index >= 15 is 0 Å². The van der Waals surface area contributed by atoms with E-state index in [2.05, 4.69) is 30.8 Å². The molecule has 0 saturated carbocycles. The number of nitrogens with zero attached hydrogens (tertiary/aromatic N) is 5. The van der Waals surface area contributed by atoms with Crippen molar-refractivity contribution in [3.63, 3.8) is 0 Å². The highest BCUT2D eigenvalue weighted by molar-refractivity contribution is 5.51. The Balaban J connectivity index is 1.76. The standard InChI is InChI=1S/C13H15N7/c1-9-14-7-12(16-9)8-15-11-4-3-5-13(6-11)20-10(2)17-18-19-20/h3-7,15H,8H2,1-2H3,(H,14,16). The second-order valence-corrected chi connectivity index (χ2v) is 4.54. The van der Waals surface area contributed by atoms with Gasteiger partial charge in [-0.15, -0.1) is 5.10 Å². The summed E-state index contributed by atoms with van der Waals surface area (Å²) in [5, 5.41) is 14.8. The maximum Gasteiger partial charge on any atom is 0.153 e. The molecule has 2 heterocycles. The number of anilines is 1. The summed E-state index contributed by atoms with van der Waals surface area (Å²) in [4.78, 5) is 7.36. The number of hydrogen-bond acceptors (Lipinski definition) is 5. The number of aromatic nitrogens is 6.